The molecule has 2 unspecified atom stereocenters. The highest BCUT2D eigenvalue weighted by molar-refractivity contribution is 6.38. The number of carbonyl (C=O) groups is 4. The second-order valence-corrected chi connectivity index (χ2v) is 9.45. The number of hydrogen-bond acceptors (Lipinski definition) is 4. The van der Waals surface area contributed by atoms with Crippen LogP contribution in [0.15, 0.2) is 48.5 Å². The molecule has 0 aromatic heterocycles. The average molecular weight is 502 g/mol. The van der Waals surface area contributed by atoms with Crippen LogP contribution < -0.4 is 10.6 Å². The Bertz CT molecular complexity index is 1080. The molecule has 0 radical (unpaired) electrons. The summed E-state index contributed by atoms with van der Waals surface area (Å²) in [5, 5.41) is 6.23. The van der Waals surface area contributed by atoms with Crippen LogP contribution in [0.1, 0.15) is 36.8 Å². The first kappa shape index (κ1) is 24.2. The molecular weight excluding hydrogens is 477 g/mol. The molecule has 9 heteroatoms. The van der Waals surface area contributed by atoms with Crippen LogP contribution in [-0.2, 0) is 32.1 Å². The van der Waals surface area contributed by atoms with Gasteiger partial charge < -0.3 is 15.5 Å². The van der Waals surface area contributed by atoms with Gasteiger partial charge in [0.05, 0.1) is 0 Å². The molecule has 0 bridgehead atoms. The largest absolute Gasteiger partial charge is 0.347 e. The normalized spacial score (nSPS) is 18.5. The number of ketones is 1. The minimum atomic E-state index is -1.05. The molecule has 1 saturated carbocycles. The van der Waals surface area contributed by atoms with Crippen LogP contribution in [0.25, 0.3) is 0 Å². The molecule has 3 amide bonds. The van der Waals surface area contributed by atoms with Crippen molar-refractivity contribution in [2.45, 2.75) is 56.8 Å². The Kier molecular flexibility index (Phi) is 7.54. The molecule has 2 aromatic carbocycles. The lowest BCUT2D eigenvalue weighted by Crippen LogP contribution is -2.53. The van der Waals surface area contributed by atoms with Gasteiger partial charge in [-0.3, -0.25) is 19.2 Å². The maximum absolute atomic E-state index is 13.3. The number of likely N-dealkylation sites (tertiary alicyclic amines) is 1. The first-order valence-corrected chi connectivity index (χ1v) is 12.0. The van der Waals surface area contributed by atoms with E-state index in [1.165, 1.54) is 4.90 Å². The van der Waals surface area contributed by atoms with Crippen molar-refractivity contribution in [1.82, 2.24) is 15.5 Å². The summed E-state index contributed by atoms with van der Waals surface area (Å²) in [6.07, 6.45) is 2.35. The van der Waals surface area contributed by atoms with Crippen LogP contribution in [0.5, 0.6) is 0 Å². The Morgan fingerprint density at radius 2 is 1.65 bits per heavy atom. The molecule has 2 N–H and O–H groups in total. The fourth-order valence-corrected chi connectivity index (χ4v) is 4.54. The highest BCUT2D eigenvalue weighted by atomic mass is 35.5. The van der Waals surface area contributed by atoms with Gasteiger partial charge >= 0.3 is 0 Å². The maximum Gasteiger partial charge on any atom is 0.289 e. The predicted molar refractivity (Wildman–Crippen MR) is 128 cm³/mol. The first-order chi connectivity index (χ1) is 16.3. The molecule has 178 valence electrons. The van der Waals surface area contributed by atoms with Crippen molar-refractivity contribution in [2.75, 3.05) is 0 Å². The van der Waals surface area contributed by atoms with E-state index in [-0.39, 0.29) is 31.3 Å². The van der Waals surface area contributed by atoms with Crippen LogP contribution in [0.3, 0.4) is 0 Å². The average Bonchev–Trinajstić information content (AvgIpc) is 3.56. The Balaban J connectivity index is 1.51. The second kappa shape index (κ2) is 10.6. The molecule has 1 heterocycles. The molecule has 1 saturated heterocycles. The van der Waals surface area contributed by atoms with E-state index in [4.69, 9.17) is 23.2 Å². The maximum atomic E-state index is 13.3. The van der Waals surface area contributed by atoms with Crippen molar-refractivity contribution in [3.8, 4) is 0 Å². The molecule has 7 nitrogen and oxygen atoms in total. The zero-order valence-corrected chi connectivity index (χ0v) is 19.9. The fraction of sp³-hybridized carbons (Fsp3) is 0.360. The lowest BCUT2D eigenvalue weighted by molar-refractivity contribution is -0.141. The van der Waals surface area contributed by atoms with Crippen LogP contribution in [0.2, 0.25) is 10.0 Å². The summed E-state index contributed by atoms with van der Waals surface area (Å²) in [5.74, 6) is -2.09. The number of halogens is 2. The number of carbonyl (C=O) groups excluding carboxylic acids is 4. The number of benzene rings is 2. The van der Waals surface area contributed by atoms with Crippen LogP contribution >= 0.6 is 23.2 Å². The highest BCUT2D eigenvalue weighted by Crippen LogP contribution is 2.29. The summed E-state index contributed by atoms with van der Waals surface area (Å²) in [6.45, 7) is 0.0783. The van der Waals surface area contributed by atoms with Crippen molar-refractivity contribution >= 4 is 46.7 Å². The van der Waals surface area contributed by atoms with Gasteiger partial charge in [-0.05, 0) is 37.0 Å². The third kappa shape index (κ3) is 5.77. The van der Waals surface area contributed by atoms with Crippen molar-refractivity contribution in [3.05, 3.63) is 69.7 Å². The summed E-state index contributed by atoms with van der Waals surface area (Å²) in [4.78, 5) is 52.7. The lowest BCUT2D eigenvalue weighted by Gasteiger charge is -2.27. The van der Waals surface area contributed by atoms with Crippen LogP contribution in [0.4, 0.5) is 0 Å². The number of nitrogens with one attached hydrogen (secondary N) is 2. The van der Waals surface area contributed by atoms with Crippen LogP contribution in [0, 0.1) is 0 Å². The molecule has 2 fully saturated rings. The van der Waals surface area contributed by atoms with Crippen molar-refractivity contribution < 1.29 is 19.2 Å². The summed E-state index contributed by atoms with van der Waals surface area (Å²) in [5.41, 5.74) is 1.36. The summed E-state index contributed by atoms with van der Waals surface area (Å²) in [7, 11) is 0. The van der Waals surface area contributed by atoms with Crippen molar-refractivity contribution in [1.29, 1.82) is 0 Å². The molecule has 2 aliphatic rings. The second-order valence-electron chi connectivity index (χ2n) is 8.64. The topological polar surface area (TPSA) is 95.6 Å². The zero-order valence-electron chi connectivity index (χ0n) is 18.4. The molecule has 1 aliphatic carbocycles. The van der Waals surface area contributed by atoms with E-state index in [0.29, 0.717) is 22.0 Å². The minimum absolute atomic E-state index is 0.0211. The first-order valence-electron chi connectivity index (χ1n) is 11.2. The van der Waals surface area contributed by atoms with Gasteiger partial charge in [-0.25, -0.2) is 0 Å². The fourth-order valence-electron chi connectivity index (χ4n) is 4.03. The molecule has 34 heavy (non-hydrogen) atoms. The van der Waals surface area contributed by atoms with Gasteiger partial charge in [0.2, 0.25) is 17.6 Å². The number of hydrogen-bond donors (Lipinski definition) is 2. The van der Waals surface area contributed by atoms with E-state index in [9.17, 15) is 19.2 Å². The van der Waals surface area contributed by atoms with E-state index < -0.39 is 29.7 Å². The molecule has 2 atom stereocenters. The monoisotopic (exact) mass is 501 g/mol. The van der Waals surface area contributed by atoms with E-state index in [0.717, 1.165) is 18.4 Å². The number of amides is 3. The van der Waals surface area contributed by atoms with Crippen molar-refractivity contribution in [2.24, 2.45) is 0 Å². The number of Topliss-reactive ketones (excluding diaryl/α,β-unsaturated/α-hetero) is 1. The summed E-state index contributed by atoms with van der Waals surface area (Å²) in [6, 6.07) is 12.4. The van der Waals surface area contributed by atoms with Crippen molar-refractivity contribution in [3.63, 3.8) is 0 Å². The quantitative estimate of drug-likeness (QED) is 0.516. The number of nitrogens with zero attached hydrogens (tertiary/aromatic N) is 1. The minimum Gasteiger partial charge on any atom is -0.347 e. The zero-order chi connectivity index (χ0) is 24.2. The van der Waals surface area contributed by atoms with Gasteiger partial charge in [-0.1, -0.05) is 59.6 Å². The summed E-state index contributed by atoms with van der Waals surface area (Å²) >= 11 is 12.5. The Hall–Kier alpha value is -2.90. The molecule has 1 aliphatic heterocycles. The Labute approximate surface area is 207 Å². The Morgan fingerprint density at radius 1 is 0.971 bits per heavy atom. The highest BCUT2D eigenvalue weighted by Gasteiger charge is 2.39. The van der Waals surface area contributed by atoms with Gasteiger partial charge in [0.1, 0.15) is 12.1 Å². The number of rotatable bonds is 9. The standard InChI is InChI=1S/C25H25Cl2N3O4/c26-18-7-4-8-19(27)17(18)14-30-21(11-12-22(30)31)24(33)29-20(13-15-5-2-1-3-6-15)23(32)25(34)28-16-9-10-16/h1-8,16,20-21H,9-14H2,(H,28,34)(H,29,33). The molecule has 0 spiro atoms. The summed E-state index contributed by atoms with van der Waals surface area (Å²) < 4.78 is 0. The van der Waals surface area contributed by atoms with Gasteiger partial charge in [-0.2, -0.15) is 0 Å². The van der Waals surface area contributed by atoms with E-state index in [2.05, 4.69) is 10.6 Å². The van der Waals surface area contributed by atoms with Crippen LogP contribution in [-0.4, -0.2) is 46.5 Å². The smallest absolute Gasteiger partial charge is 0.289 e. The third-order valence-corrected chi connectivity index (χ3v) is 6.78. The Morgan fingerprint density at radius 3 is 2.29 bits per heavy atom. The van der Waals surface area contributed by atoms with Gasteiger partial charge in [0.15, 0.2) is 0 Å². The SMILES string of the molecule is O=C(NC1CC1)C(=O)C(Cc1ccccc1)NC(=O)C1CCC(=O)N1Cc1c(Cl)cccc1Cl. The van der Waals surface area contributed by atoms with E-state index in [1.54, 1.807) is 18.2 Å². The third-order valence-electron chi connectivity index (χ3n) is 6.07. The molecular formula is C25H25Cl2N3O4. The van der Waals surface area contributed by atoms with Gasteiger partial charge in [0, 0.05) is 41.0 Å². The van der Waals surface area contributed by atoms with Gasteiger partial charge in [-0.15, -0.1) is 0 Å². The van der Waals surface area contributed by atoms with E-state index in [1.807, 2.05) is 30.3 Å². The molecule has 2 aromatic rings. The van der Waals surface area contributed by atoms with Gasteiger partial charge in [0.25, 0.3) is 5.91 Å². The van der Waals surface area contributed by atoms with E-state index >= 15 is 0 Å². The lowest BCUT2D eigenvalue weighted by atomic mass is 10.0. The predicted octanol–water partition coefficient (Wildman–Crippen LogP) is 3.06. The molecule has 4 rings (SSSR count).